The van der Waals surface area contributed by atoms with Crippen molar-refractivity contribution in [1.29, 1.82) is 0 Å². The third kappa shape index (κ3) is 5.03. The van der Waals surface area contributed by atoms with Gasteiger partial charge in [-0.05, 0) is 5.56 Å². The first-order chi connectivity index (χ1) is 12.6. The second kappa shape index (κ2) is 9.12. The second-order valence-corrected chi connectivity index (χ2v) is 6.87. The van der Waals surface area contributed by atoms with E-state index in [4.69, 9.17) is 10.5 Å². The minimum atomic E-state index is -0.273. The highest BCUT2D eigenvalue weighted by molar-refractivity contribution is 5.79. The average molecular weight is 360 g/mol. The summed E-state index contributed by atoms with van der Waals surface area (Å²) in [6.07, 6.45) is 0.316. The van der Waals surface area contributed by atoms with Crippen LogP contribution < -0.4 is 5.73 Å². The van der Waals surface area contributed by atoms with Crippen LogP contribution in [0.25, 0.3) is 0 Å². The molecular weight excluding hydrogens is 332 g/mol. The molecule has 2 amide bonds. The van der Waals surface area contributed by atoms with Crippen molar-refractivity contribution < 1.29 is 14.3 Å². The number of carbonyl (C=O) groups excluding carboxylic acids is 2. The summed E-state index contributed by atoms with van der Waals surface area (Å²) in [5.74, 6) is 0.236. The molecule has 2 heterocycles. The summed E-state index contributed by atoms with van der Waals surface area (Å²) >= 11 is 0. The maximum atomic E-state index is 12.5. The van der Waals surface area contributed by atoms with E-state index in [0.29, 0.717) is 52.4 Å². The minimum absolute atomic E-state index is 0.0838. The van der Waals surface area contributed by atoms with Crippen molar-refractivity contribution in [1.82, 2.24) is 14.7 Å². The van der Waals surface area contributed by atoms with Gasteiger partial charge in [-0.1, -0.05) is 30.3 Å². The summed E-state index contributed by atoms with van der Waals surface area (Å²) in [4.78, 5) is 30.7. The lowest BCUT2D eigenvalue weighted by Crippen LogP contribution is -2.52. The van der Waals surface area contributed by atoms with Crippen LogP contribution in [0.3, 0.4) is 0 Å². The molecule has 2 aliphatic heterocycles. The van der Waals surface area contributed by atoms with E-state index in [0.717, 1.165) is 18.7 Å². The number of nitrogens with zero attached hydrogens (tertiary/aromatic N) is 3. The van der Waals surface area contributed by atoms with Gasteiger partial charge in [-0.3, -0.25) is 14.5 Å². The SMILES string of the molecule is NC(CC(=O)N1CCN(CC(=O)N2CCOCC2)CC1)c1ccccc1. The highest BCUT2D eigenvalue weighted by atomic mass is 16.5. The molecule has 0 saturated carbocycles. The Hall–Kier alpha value is -1.96. The summed E-state index contributed by atoms with van der Waals surface area (Å²) in [6, 6.07) is 9.44. The molecule has 0 bridgehead atoms. The van der Waals surface area contributed by atoms with Crippen molar-refractivity contribution in [2.75, 3.05) is 59.0 Å². The first-order valence-electron chi connectivity index (χ1n) is 9.29. The topological polar surface area (TPSA) is 79.1 Å². The molecule has 7 heteroatoms. The van der Waals surface area contributed by atoms with Crippen LogP contribution in [-0.4, -0.2) is 85.5 Å². The quantitative estimate of drug-likeness (QED) is 0.805. The molecule has 2 saturated heterocycles. The highest BCUT2D eigenvalue weighted by Crippen LogP contribution is 2.15. The maximum Gasteiger partial charge on any atom is 0.236 e. The van der Waals surface area contributed by atoms with Crippen molar-refractivity contribution in [2.24, 2.45) is 5.73 Å². The van der Waals surface area contributed by atoms with Crippen LogP contribution >= 0.6 is 0 Å². The summed E-state index contributed by atoms with van der Waals surface area (Å²) in [6.45, 7) is 5.76. The van der Waals surface area contributed by atoms with Gasteiger partial charge in [0, 0.05) is 51.7 Å². The normalized spacial score (nSPS) is 20.0. The van der Waals surface area contributed by atoms with Crippen LogP contribution in [0.15, 0.2) is 30.3 Å². The zero-order valence-electron chi connectivity index (χ0n) is 15.2. The summed E-state index contributed by atoms with van der Waals surface area (Å²) in [5.41, 5.74) is 7.14. The number of carbonyl (C=O) groups is 2. The molecule has 142 valence electrons. The van der Waals surface area contributed by atoms with Gasteiger partial charge in [-0.25, -0.2) is 0 Å². The number of amides is 2. The fourth-order valence-electron chi connectivity index (χ4n) is 3.39. The predicted octanol–water partition coefficient (Wildman–Crippen LogP) is 0.0795. The van der Waals surface area contributed by atoms with Crippen molar-refractivity contribution in [3.63, 3.8) is 0 Å². The van der Waals surface area contributed by atoms with E-state index in [9.17, 15) is 9.59 Å². The molecule has 0 radical (unpaired) electrons. The summed E-state index contributed by atoms with van der Waals surface area (Å²) in [5, 5.41) is 0. The summed E-state index contributed by atoms with van der Waals surface area (Å²) < 4.78 is 5.28. The molecule has 1 aromatic rings. The van der Waals surface area contributed by atoms with E-state index in [1.807, 2.05) is 40.1 Å². The van der Waals surface area contributed by atoms with Crippen LogP contribution in [0.1, 0.15) is 18.0 Å². The maximum absolute atomic E-state index is 12.5. The number of rotatable bonds is 5. The number of ether oxygens (including phenoxy) is 1. The van der Waals surface area contributed by atoms with Crippen LogP contribution in [0.2, 0.25) is 0 Å². The zero-order chi connectivity index (χ0) is 18.4. The number of hydrogen-bond acceptors (Lipinski definition) is 5. The smallest absolute Gasteiger partial charge is 0.236 e. The van der Waals surface area contributed by atoms with Crippen LogP contribution in [0, 0.1) is 0 Å². The Bertz CT molecular complexity index is 596. The number of nitrogens with two attached hydrogens (primary N) is 1. The molecule has 26 heavy (non-hydrogen) atoms. The van der Waals surface area contributed by atoms with Gasteiger partial charge in [-0.15, -0.1) is 0 Å². The molecule has 1 aromatic carbocycles. The first-order valence-corrected chi connectivity index (χ1v) is 9.29. The molecule has 2 N–H and O–H groups in total. The molecule has 0 aromatic heterocycles. The third-order valence-corrected chi connectivity index (χ3v) is 5.07. The summed E-state index contributed by atoms with van der Waals surface area (Å²) in [7, 11) is 0. The number of benzene rings is 1. The van der Waals surface area contributed by atoms with Gasteiger partial charge in [0.05, 0.1) is 19.8 Å². The third-order valence-electron chi connectivity index (χ3n) is 5.07. The lowest BCUT2D eigenvalue weighted by Gasteiger charge is -2.36. The van der Waals surface area contributed by atoms with Crippen molar-refractivity contribution in [3.05, 3.63) is 35.9 Å². The van der Waals surface area contributed by atoms with E-state index in [1.165, 1.54) is 0 Å². The van der Waals surface area contributed by atoms with Crippen molar-refractivity contribution in [3.8, 4) is 0 Å². The van der Waals surface area contributed by atoms with Crippen LogP contribution in [0.4, 0.5) is 0 Å². The zero-order valence-corrected chi connectivity index (χ0v) is 15.2. The van der Waals surface area contributed by atoms with Gasteiger partial charge < -0.3 is 20.3 Å². The highest BCUT2D eigenvalue weighted by Gasteiger charge is 2.25. The number of piperazine rings is 1. The van der Waals surface area contributed by atoms with Gasteiger partial charge in [0.2, 0.25) is 11.8 Å². The Morgan fingerprint density at radius 1 is 0.923 bits per heavy atom. The molecule has 1 atom stereocenters. The Kier molecular flexibility index (Phi) is 6.60. The van der Waals surface area contributed by atoms with Crippen molar-refractivity contribution in [2.45, 2.75) is 12.5 Å². The Balaban J connectivity index is 1.41. The molecule has 0 aliphatic carbocycles. The molecule has 2 fully saturated rings. The Morgan fingerprint density at radius 2 is 1.54 bits per heavy atom. The monoisotopic (exact) mass is 360 g/mol. The van der Waals surface area contributed by atoms with Crippen LogP contribution in [-0.2, 0) is 14.3 Å². The van der Waals surface area contributed by atoms with Gasteiger partial charge >= 0.3 is 0 Å². The van der Waals surface area contributed by atoms with Crippen molar-refractivity contribution >= 4 is 11.8 Å². The minimum Gasteiger partial charge on any atom is -0.378 e. The fourth-order valence-corrected chi connectivity index (χ4v) is 3.39. The van der Waals surface area contributed by atoms with E-state index in [2.05, 4.69) is 4.90 Å². The lowest BCUT2D eigenvalue weighted by molar-refractivity contribution is -0.138. The molecule has 0 spiro atoms. The lowest BCUT2D eigenvalue weighted by atomic mass is 10.0. The van der Waals surface area contributed by atoms with E-state index in [1.54, 1.807) is 0 Å². The van der Waals surface area contributed by atoms with Gasteiger partial charge in [0.1, 0.15) is 0 Å². The van der Waals surface area contributed by atoms with Gasteiger partial charge in [-0.2, -0.15) is 0 Å². The molecule has 2 aliphatic rings. The Labute approximate surface area is 154 Å². The average Bonchev–Trinajstić information content (AvgIpc) is 2.69. The number of hydrogen-bond donors (Lipinski definition) is 1. The standard InChI is InChI=1S/C19H28N4O3/c20-17(16-4-2-1-3-5-16)14-18(24)22-8-6-21(7-9-22)15-19(25)23-10-12-26-13-11-23/h1-5,17H,6-15,20H2. The second-order valence-electron chi connectivity index (χ2n) is 6.87. The fraction of sp³-hybridized carbons (Fsp3) is 0.579. The van der Waals surface area contributed by atoms with Crippen LogP contribution in [0.5, 0.6) is 0 Å². The molecule has 1 unspecified atom stereocenters. The van der Waals surface area contributed by atoms with E-state index >= 15 is 0 Å². The molecule has 7 nitrogen and oxygen atoms in total. The van der Waals surface area contributed by atoms with Gasteiger partial charge in [0.25, 0.3) is 0 Å². The van der Waals surface area contributed by atoms with E-state index in [-0.39, 0.29) is 17.9 Å². The largest absolute Gasteiger partial charge is 0.378 e. The molecular formula is C19H28N4O3. The van der Waals surface area contributed by atoms with E-state index < -0.39 is 0 Å². The van der Waals surface area contributed by atoms with Gasteiger partial charge in [0.15, 0.2) is 0 Å². The molecule has 3 rings (SSSR count). The first kappa shape index (κ1) is 18.8. The predicted molar refractivity (Wildman–Crippen MR) is 98.4 cm³/mol. The Morgan fingerprint density at radius 3 is 2.19 bits per heavy atom. The number of morpholine rings is 1.